The van der Waals surface area contributed by atoms with E-state index in [0.717, 1.165) is 24.7 Å². The molecule has 0 amide bonds. The van der Waals surface area contributed by atoms with Gasteiger partial charge in [-0.3, -0.25) is 4.99 Å². The zero-order valence-corrected chi connectivity index (χ0v) is 14.9. The van der Waals surface area contributed by atoms with Crippen LogP contribution in [-0.4, -0.2) is 12.5 Å². The zero-order valence-electron chi connectivity index (χ0n) is 14.9. The van der Waals surface area contributed by atoms with Crippen molar-refractivity contribution in [2.75, 3.05) is 11.9 Å². The lowest BCUT2D eigenvalue weighted by atomic mass is 9.89. The number of nitrogens with one attached hydrogen (secondary N) is 2. The second-order valence-electron chi connectivity index (χ2n) is 6.71. The van der Waals surface area contributed by atoms with Crippen LogP contribution in [0.15, 0.2) is 83.9 Å². The summed E-state index contributed by atoms with van der Waals surface area (Å²) in [6, 6.07) is 27.6. The molecular weight excluding hydrogens is 318 g/mol. The van der Waals surface area contributed by atoms with E-state index >= 15 is 0 Å². The second-order valence-corrected chi connectivity index (χ2v) is 6.71. The molecule has 3 aromatic carbocycles. The van der Waals surface area contributed by atoms with E-state index in [1.165, 1.54) is 22.3 Å². The lowest BCUT2D eigenvalue weighted by Gasteiger charge is -2.18. The van der Waals surface area contributed by atoms with Crippen LogP contribution in [0.2, 0.25) is 0 Å². The average Bonchev–Trinajstić information content (AvgIpc) is 2.87. The second kappa shape index (κ2) is 7.44. The molecule has 1 heterocycles. The topological polar surface area (TPSA) is 36.4 Å². The van der Waals surface area contributed by atoms with Crippen molar-refractivity contribution in [3.63, 3.8) is 0 Å². The monoisotopic (exact) mass is 341 g/mol. The van der Waals surface area contributed by atoms with E-state index in [9.17, 15) is 0 Å². The summed E-state index contributed by atoms with van der Waals surface area (Å²) in [5.41, 5.74) is 6.24. The van der Waals surface area contributed by atoms with Crippen LogP contribution in [0.5, 0.6) is 0 Å². The molecule has 3 nitrogen and oxygen atoms in total. The first-order valence-electron chi connectivity index (χ1n) is 9.04. The normalized spacial score (nSPS) is 16.0. The minimum Gasteiger partial charge on any atom is -0.352 e. The van der Waals surface area contributed by atoms with Crippen LogP contribution in [0.1, 0.15) is 28.2 Å². The number of aliphatic imine (C=N–C) groups is 1. The highest BCUT2D eigenvalue weighted by Gasteiger charge is 2.21. The van der Waals surface area contributed by atoms with Gasteiger partial charge in [-0.15, -0.1) is 0 Å². The molecule has 1 aliphatic rings. The molecule has 0 aliphatic carbocycles. The van der Waals surface area contributed by atoms with Crippen molar-refractivity contribution in [2.24, 2.45) is 4.99 Å². The largest absolute Gasteiger partial charge is 0.352 e. The van der Waals surface area contributed by atoms with Crippen molar-refractivity contribution in [3.05, 3.63) is 101 Å². The number of fused-ring (bicyclic) bond motifs is 1. The molecule has 4 rings (SSSR count). The predicted octanol–water partition coefficient (Wildman–Crippen LogP) is 4.70. The first kappa shape index (κ1) is 16.4. The molecule has 3 aromatic rings. The molecule has 0 radical (unpaired) electrons. The van der Waals surface area contributed by atoms with Gasteiger partial charge in [0, 0.05) is 18.2 Å². The Bertz CT molecular complexity index is 901. The van der Waals surface area contributed by atoms with Crippen LogP contribution in [0.4, 0.5) is 5.69 Å². The third-order valence-electron chi connectivity index (χ3n) is 4.77. The zero-order chi connectivity index (χ0) is 17.8. The predicted molar refractivity (Wildman–Crippen MR) is 109 cm³/mol. The highest BCUT2D eigenvalue weighted by Crippen LogP contribution is 2.33. The minimum absolute atomic E-state index is 0.259. The van der Waals surface area contributed by atoms with Crippen molar-refractivity contribution >= 4 is 11.6 Å². The summed E-state index contributed by atoms with van der Waals surface area (Å²) in [7, 11) is 0. The Balaban J connectivity index is 1.62. The fraction of sp³-hybridized carbons (Fsp3) is 0.174. The van der Waals surface area contributed by atoms with Gasteiger partial charge in [0.15, 0.2) is 5.96 Å². The van der Waals surface area contributed by atoms with Crippen LogP contribution < -0.4 is 10.6 Å². The minimum atomic E-state index is 0.259. The number of benzene rings is 3. The quantitative estimate of drug-likeness (QED) is 0.724. The van der Waals surface area contributed by atoms with Crippen LogP contribution in [0.25, 0.3) is 0 Å². The lowest BCUT2D eigenvalue weighted by Crippen LogP contribution is -2.30. The van der Waals surface area contributed by atoms with Crippen LogP contribution in [0, 0.1) is 6.92 Å². The van der Waals surface area contributed by atoms with E-state index < -0.39 is 0 Å². The van der Waals surface area contributed by atoms with E-state index in [0.29, 0.717) is 0 Å². The Labute approximate surface area is 154 Å². The van der Waals surface area contributed by atoms with Gasteiger partial charge in [0.25, 0.3) is 0 Å². The van der Waals surface area contributed by atoms with Crippen molar-refractivity contribution in [3.8, 4) is 0 Å². The average molecular weight is 341 g/mol. The Morgan fingerprint density at radius 3 is 2.46 bits per heavy atom. The maximum absolute atomic E-state index is 4.83. The highest BCUT2D eigenvalue weighted by atomic mass is 15.2. The standard InChI is InChI=1S/C23H23N3/c1-17-12-13-22-20(14-17)21(19-10-6-3-7-11-19)16-25-23(26-22)24-15-18-8-4-2-5-9-18/h2-14,21H,15-16H2,1H3,(H2,24,25,26). The molecule has 26 heavy (non-hydrogen) atoms. The maximum atomic E-state index is 4.83. The molecule has 1 unspecified atom stereocenters. The molecular formula is C23H23N3. The van der Waals surface area contributed by atoms with Crippen molar-refractivity contribution in [1.82, 2.24) is 5.32 Å². The third kappa shape index (κ3) is 3.62. The molecule has 0 fully saturated rings. The molecule has 0 spiro atoms. The summed E-state index contributed by atoms with van der Waals surface area (Å²) in [5.74, 6) is 1.09. The van der Waals surface area contributed by atoms with Gasteiger partial charge in [0.2, 0.25) is 0 Å². The molecule has 0 bridgehead atoms. The van der Waals surface area contributed by atoms with E-state index in [1.54, 1.807) is 0 Å². The molecule has 130 valence electrons. The number of guanidine groups is 1. The van der Waals surface area contributed by atoms with Gasteiger partial charge in [-0.1, -0.05) is 78.4 Å². The highest BCUT2D eigenvalue weighted by molar-refractivity contribution is 5.95. The van der Waals surface area contributed by atoms with Crippen LogP contribution in [0.3, 0.4) is 0 Å². The summed E-state index contributed by atoms with van der Waals surface area (Å²) in [6.07, 6.45) is 0. The fourth-order valence-corrected chi connectivity index (χ4v) is 3.38. The van der Waals surface area contributed by atoms with Crippen LogP contribution in [-0.2, 0) is 6.54 Å². The van der Waals surface area contributed by atoms with Gasteiger partial charge >= 0.3 is 0 Å². The first-order chi connectivity index (χ1) is 12.8. The molecule has 0 aromatic heterocycles. The number of hydrogen-bond donors (Lipinski definition) is 2. The van der Waals surface area contributed by atoms with E-state index in [1.807, 2.05) is 6.07 Å². The van der Waals surface area contributed by atoms with Gasteiger partial charge in [-0.2, -0.15) is 0 Å². The molecule has 0 saturated carbocycles. The van der Waals surface area contributed by atoms with Gasteiger partial charge in [0.05, 0.1) is 6.54 Å². The number of rotatable bonds is 3. The Kier molecular flexibility index (Phi) is 4.69. The maximum Gasteiger partial charge on any atom is 0.196 e. The summed E-state index contributed by atoms with van der Waals surface area (Å²) in [6.45, 7) is 3.62. The van der Waals surface area contributed by atoms with Crippen molar-refractivity contribution in [2.45, 2.75) is 19.4 Å². The number of aryl methyl sites for hydroxylation is 1. The van der Waals surface area contributed by atoms with Gasteiger partial charge in [-0.25, -0.2) is 0 Å². The summed E-state index contributed by atoms with van der Waals surface area (Å²) in [5, 5.41) is 6.94. The van der Waals surface area contributed by atoms with Gasteiger partial charge in [0.1, 0.15) is 0 Å². The smallest absolute Gasteiger partial charge is 0.196 e. The van der Waals surface area contributed by atoms with Gasteiger partial charge < -0.3 is 10.6 Å². The summed E-state index contributed by atoms with van der Waals surface area (Å²) in [4.78, 5) is 4.83. The number of hydrogen-bond acceptors (Lipinski definition) is 3. The fourth-order valence-electron chi connectivity index (χ4n) is 3.38. The summed E-state index contributed by atoms with van der Waals surface area (Å²) >= 11 is 0. The lowest BCUT2D eigenvalue weighted by molar-refractivity contribution is 0.817. The molecule has 3 heteroatoms. The molecule has 2 N–H and O–H groups in total. The third-order valence-corrected chi connectivity index (χ3v) is 4.77. The van der Waals surface area contributed by atoms with E-state index in [4.69, 9.17) is 4.99 Å². The molecule has 1 aliphatic heterocycles. The van der Waals surface area contributed by atoms with E-state index in [2.05, 4.69) is 90.4 Å². The SMILES string of the molecule is Cc1ccc2c(c1)C(c1ccccc1)CN=C(NCc1ccccc1)N2. The Morgan fingerprint density at radius 1 is 0.962 bits per heavy atom. The van der Waals surface area contributed by atoms with E-state index in [-0.39, 0.29) is 5.92 Å². The van der Waals surface area contributed by atoms with Crippen molar-refractivity contribution in [1.29, 1.82) is 0 Å². The summed E-state index contributed by atoms with van der Waals surface area (Å²) < 4.78 is 0. The Hall–Kier alpha value is -3.07. The van der Waals surface area contributed by atoms with Crippen LogP contribution >= 0.6 is 0 Å². The first-order valence-corrected chi connectivity index (χ1v) is 9.04. The Morgan fingerprint density at radius 2 is 1.69 bits per heavy atom. The number of anilines is 1. The molecule has 0 saturated heterocycles. The van der Waals surface area contributed by atoms with Crippen molar-refractivity contribution < 1.29 is 0 Å². The number of nitrogens with zero attached hydrogens (tertiary/aromatic N) is 1. The molecule has 1 atom stereocenters. The van der Waals surface area contributed by atoms with Gasteiger partial charge in [-0.05, 0) is 29.7 Å².